The number of nitrogens with zero attached hydrogens (tertiary/aromatic N) is 2. The Morgan fingerprint density at radius 3 is 2.83 bits per heavy atom. The summed E-state index contributed by atoms with van der Waals surface area (Å²) in [5, 5.41) is 10.2. The van der Waals surface area contributed by atoms with E-state index in [1.165, 1.54) is 0 Å². The maximum atomic E-state index is 12.6. The lowest BCUT2D eigenvalue weighted by Gasteiger charge is -1.93. The van der Waals surface area contributed by atoms with Gasteiger partial charge in [-0.25, -0.2) is 4.39 Å². The molecular formula is C6H6FN3O2. The van der Waals surface area contributed by atoms with Gasteiger partial charge in [-0.1, -0.05) is 0 Å². The van der Waals surface area contributed by atoms with E-state index in [2.05, 4.69) is 4.98 Å². The van der Waals surface area contributed by atoms with Crippen molar-refractivity contribution in [3.63, 3.8) is 0 Å². The third-order valence-corrected chi connectivity index (χ3v) is 1.23. The highest BCUT2D eigenvalue weighted by Gasteiger charge is 2.11. The SMILES string of the molecule is NCc1cc(F)cc([N+](=O)[O-])n1. The zero-order valence-corrected chi connectivity index (χ0v) is 6.03. The summed E-state index contributed by atoms with van der Waals surface area (Å²) in [5.41, 5.74) is 5.30. The third-order valence-electron chi connectivity index (χ3n) is 1.23. The number of aromatic nitrogens is 1. The van der Waals surface area contributed by atoms with Crippen molar-refractivity contribution in [1.82, 2.24) is 4.98 Å². The lowest BCUT2D eigenvalue weighted by Crippen LogP contribution is -2.03. The lowest BCUT2D eigenvalue weighted by molar-refractivity contribution is -0.389. The molecule has 2 N–H and O–H groups in total. The Morgan fingerprint density at radius 2 is 2.33 bits per heavy atom. The van der Waals surface area contributed by atoms with E-state index in [4.69, 9.17) is 5.73 Å². The standard InChI is InChI=1S/C6H6FN3O2/c7-4-1-5(3-8)9-6(2-4)10(11)12/h1-2H,3,8H2. The van der Waals surface area contributed by atoms with Gasteiger partial charge in [0.15, 0.2) is 5.69 Å². The van der Waals surface area contributed by atoms with Gasteiger partial charge < -0.3 is 15.8 Å². The third kappa shape index (κ3) is 1.73. The lowest BCUT2D eigenvalue weighted by atomic mass is 10.3. The molecule has 0 spiro atoms. The summed E-state index contributed by atoms with van der Waals surface area (Å²) in [6.45, 7) is -0.0153. The number of halogens is 1. The summed E-state index contributed by atoms with van der Waals surface area (Å²) in [5.74, 6) is -1.22. The fraction of sp³-hybridized carbons (Fsp3) is 0.167. The molecule has 1 heterocycles. The zero-order valence-electron chi connectivity index (χ0n) is 6.03. The molecule has 0 aliphatic carbocycles. The molecule has 0 saturated carbocycles. The van der Waals surface area contributed by atoms with E-state index < -0.39 is 16.6 Å². The molecular weight excluding hydrogens is 165 g/mol. The topological polar surface area (TPSA) is 82.0 Å². The molecule has 64 valence electrons. The molecule has 0 amide bonds. The summed E-state index contributed by atoms with van der Waals surface area (Å²) < 4.78 is 12.6. The molecule has 1 aromatic heterocycles. The van der Waals surface area contributed by atoms with Crippen molar-refractivity contribution in [2.45, 2.75) is 6.54 Å². The molecule has 0 atom stereocenters. The van der Waals surface area contributed by atoms with Gasteiger partial charge in [0.05, 0.1) is 12.6 Å². The first-order chi connectivity index (χ1) is 5.63. The van der Waals surface area contributed by atoms with E-state index in [1.54, 1.807) is 0 Å². The molecule has 0 aliphatic heterocycles. The highest BCUT2D eigenvalue weighted by molar-refractivity contribution is 5.22. The minimum absolute atomic E-state index is 0.0153. The van der Waals surface area contributed by atoms with Gasteiger partial charge in [-0.15, -0.1) is 0 Å². The number of pyridine rings is 1. The predicted octanol–water partition coefficient (Wildman–Crippen LogP) is 0.588. The quantitative estimate of drug-likeness (QED) is 0.521. The van der Waals surface area contributed by atoms with Crippen molar-refractivity contribution in [2.75, 3.05) is 0 Å². The Bertz CT molecular complexity index is 316. The Morgan fingerprint density at radius 1 is 1.67 bits per heavy atom. The van der Waals surface area contributed by atoms with Gasteiger partial charge in [0.25, 0.3) is 0 Å². The fourth-order valence-electron chi connectivity index (χ4n) is 0.734. The van der Waals surface area contributed by atoms with Gasteiger partial charge in [0.1, 0.15) is 5.82 Å². The van der Waals surface area contributed by atoms with Crippen LogP contribution in [0.15, 0.2) is 12.1 Å². The summed E-state index contributed by atoms with van der Waals surface area (Å²) in [6.07, 6.45) is 0. The van der Waals surface area contributed by atoms with Crippen molar-refractivity contribution in [2.24, 2.45) is 5.73 Å². The van der Waals surface area contributed by atoms with Gasteiger partial charge in [-0.2, -0.15) is 0 Å². The van der Waals surface area contributed by atoms with Gasteiger partial charge in [-0.05, 0) is 9.91 Å². The van der Waals surface area contributed by atoms with E-state index in [0.29, 0.717) is 0 Å². The van der Waals surface area contributed by atoms with Crippen molar-refractivity contribution in [3.05, 3.63) is 33.8 Å². The smallest absolute Gasteiger partial charge is 0.358 e. The van der Waals surface area contributed by atoms with Gasteiger partial charge in [0.2, 0.25) is 0 Å². The van der Waals surface area contributed by atoms with Crippen LogP contribution in [-0.4, -0.2) is 9.91 Å². The first kappa shape index (κ1) is 8.54. The minimum Gasteiger partial charge on any atom is -0.358 e. The van der Waals surface area contributed by atoms with Crippen LogP contribution in [0.2, 0.25) is 0 Å². The van der Waals surface area contributed by atoms with Crippen LogP contribution >= 0.6 is 0 Å². The summed E-state index contributed by atoms with van der Waals surface area (Å²) >= 11 is 0. The van der Waals surface area contributed by atoms with Crippen LogP contribution in [0.4, 0.5) is 10.2 Å². The molecule has 12 heavy (non-hydrogen) atoms. The summed E-state index contributed by atoms with van der Waals surface area (Å²) in [6, 6.07) is 1.81. The average Bonchev–Trinajstić information content (AvgIpc) is 2.03. The molecule has 6 heteroatoms. The first-order valence-electron chi connectivity index (χ1n) is 3.14. The van der Waals surface area contributed by atoms with Crippen LogP contribution in [0.3, 0.4) is 0 Å². The maximum Gasteiger partial charge on any atom is 0.366 e. The van der Waals surface area contributed by atoms with Gasteiger partial charge in [0, 0.05) is 6.07 Å². The van der Waals surface area contributed by atoms with E-state index in [-0.39, 0.29) is 12.2 Å². The van der Waals surface area contributed by atoms with Crippen LogP contribution in [0.5, 0.6) is 0 Å². The minimum atomic E-state index is -0.762. The van der Waals surface area contributed by atoms with E-state index >= 15 is 0 Å². The zero-order chi connectivity index (χ0) is 9.14. The van der Waals surface area contributed by atoms with E-state index in [1.807, 2.05) is 0 Å². The van der Waals surface area contributed by atoms with Crippen LogP contribution in [0.1, 0.15) is 5.69 Å². The van der Waals surface area contributed by atoms with Crippen molar-refractivity contribution < 1.29 is 9.31 Å². The highest BCUT2D eigenvalue weighted by Crippen LogP contribution is 2.10. The van der Waals surface area contributed by atoms with Crippen molar-refractivity contribution in [3.8, 4) is 0 Å². The Kier molecular flexibility index (Phi) is 2.29. The van der Waals surface area contributed by atoms with Crippen LogP contribution in [-0.2, 0) is 6.54 Å². The maximum absolute atomic E-state index is 12.6. The second kappa shape index (κ2) is 3.22. The molecule has 1 rings (SSSR count). The fourth-order valence-corrected chi connectivity index (χ4v) is 0.734. The number of nitro groups is 1. The summed E-state index contributed by atoms with van der Waals surface area (Å²) in [4.78, 5) is 12.9. The molecule has 0 bridgehead atoms. The monoisotopic (exact) mass is 171 g/mol. The Labute approximate surface area is 67.2 Å². The Balaban J connectivity index is 3.15. The van der Waals surface area contributed by atoms with Crippen LogP contribution in [0.25, 0.3) is 0 Å². The van der Waals surface area contributed by atoms with Gasteiger partial charge in [-0.3, -0.25) is 0 Å². The number of nitrogens with two attached hydrogens (primary N) is 1. The van der Waals surface area contributed by atoms with Crippen LogP contribution < -0.4 is 5.73 Å². The first-order valence-corrected chi connectivity index (χ1v) is 3.14. The second-order valence-electron chi connectivity index (χ2n) is 2.10. The molecule has 0 fully saturated rings. The van der Waals surface area contributed by atoms with Crippen LogP contribution in [0, 0.1) is 15.9 Å². The van der Waals surface area contributed by atoms with Crippen molar-refractivity contribution >= 4 is 5.82 Å². The van der Waals surface area contributed by atoms with E-state index in [9.17, 15) is 14.5 Å². The van der Waals surface area contributed by atoms with E-state index in [0.717, 1.165) is 12.1 Å². The van der Waals surface area contributed by atoms with Crippen molar-refractivity contribution in [1.29, 1.82) is 0 Å². The molecule has 0 aliphatic rings. The molecule has 0 aromatic carbocycles. The molecule has 1 aromatic rings. The second-order valence-corrected chi connectivity index (χ2v) is 2.10. The Hall–Kier alpha value is -1.56. The molecule has 0 unspecified atom stereocenters. The largest absolute Gasteiger partial charge is 0.366 e. The normalized spacial score (nSPS) is 9.83. The van der Waals surface area contributed by atoms with Gasteiger partial charge >= 0.3 is 5.82 Å². The number of hydrogen-bond donors (Lipinski definition) is 1. The average molecular weight is 171 g/mol. The molecule has 0 saturated heterocycles. The number of hydrogen-bond acceptors (Lipinski definition) is 4. The molecule has 5 nitrogen and oxygen atoms in total. The highest BCUT2D eigenvalue weighted by atomic mass is 19.1. The molecule has 0 radical (unpaired) electrons. The predicted molar refractivity (Wildman–Crippen MR) is 38.7 cm³/mol. The summed E-state index contributed by atoms with van der Waals surface area (Å²) in [7, 11) is 0. The number of rotatable bonds is 2.